The summed E-state index contributed by atoms with van der Waals surface area (Å²) in [5, 5.41) is 14.4. The van der Waals surface area contributed by atoms with E-state index in [1.54, 1.807) is 0 Å². The monoisotopic (exact) mass is 769 g/mol. The topological polar surface area (TPSA) is 32.0 Å². The van der Waals surface area contributed by atoms with Gasteiger partial charge in [-0.05, 0) is 118 Å². The van der Waals surface area contributed by atoms with Crippen LogP contribution in [0.5, 0.6) is 0 Å². The van der Waals surface area contributed by atoms with Gasteiger partial charge in [-0.1, -0.05) is 127 Å². The summed E-state index contributed by atoms with van der Waals surface area (Å²) in [4.78, 5) is 2.34. The van der Waals surface area contributed by atoms with Crippen LogP contribution in [-0.4, -0.2) is 4.57 Å². The molecule has 0 N–H and O–H groups in total. The summed E-state index contributed by atoms with van der Waals surface area (Å²) < 4.78 is 4.93. The summed E-state index contributed by atoms with van der Waals surface area (Å²) in [5.41, 5.74) is 14.3. The van der Waals surface area contributed by atoms with Crippen molar-refractivity contribution in [3.05, 3.63) is 218 Å². The van der Waals surface area contributed by atoms with Crippen LogP contribution in [0.1, 0.15) is 5.56 Å². The molecule has 59 heavy (non-hydrogen) atoms. The van der Waals surface area contributed by atoms with Gasteiger partial charge in [-0.3, -0.25) is 0 Å². The molecular formula is C55H35N3S. The van der Waals surface area contributed by atoms with Gasteiger partial charge in [0.15, 0.2) is 0 Å². The van der Waals surface area contributed by atoms with Crippen molar-refractivity contribution >= 4 is 70.4 Å². The molecular weight excluding hydrogens is 735 g/mol. The maximum atomic E-state index is 9.37. The third kappa shape index (κ3) is 6.13. The second kappa shape index (κ2) is 14.3. The summed E-state index contributed by atoms with van der Waals surface area (Å²) in [6.45, 7) is 0. The predicted molar refractivity (Wildman–Crippen MR) is 249 cm³/mol. The van der Waals surface area contributed by atoms with Crippen LogP contribution in [0, 0.1) is 11.3 Å². The Balaban J connectivity index is 0.915. The molecule has 0 saturated heterocycles. The van der Waals surface area contributed by atoms with Gasteiger partial charge in [0.05, 0.1) is 22.7 Å². The van der Waals surface area contributed by atoms with Crippen LogP contribution in [0.4, 0.5) is 17.1 Å². The fraction of sp³-hybridized carbons (Fsp3) is 0. The van der Waals surface area contributed by atoms with Gasteiger partial charge in [-0.2, -0.15) is 5.26 Å². The van der Waals surface area contributed by atoms with E-state index in [1.807, 2.05) is 35.6 Å². The average Bonchev–Trinajstić information content (AvgIpc) is 3.85. The van der Waals surface area contributed by atoms with E-state index in [9.17, 15) is 5.26 Å². The molecule has 9 aromatic carbocycles. The van der Waals surface area contributed by atoms with Crippen LogP contribution in [0.25, 0.3) is 81.0 Å². The van der Waals surface area contributed by atoms with Crippen molar-refractivity contribution < 1.29 is 0 Å². The quantitative estimate of drug-likeness (QED) is 0.162. The summed E-state index contributed by atoms with van der Waals surface area (Å²) in [5.74, 6) is 0. The van der Waals surface area contributed by atoms with Crippen LogP contribution < -0.4 is 4.90 Å². The van der Waals surface area contributed by atoms with Crippen LogP contribution in [0.3, 0.4) is 0 Å². The maximum absolute atomic E-state index is 9.37. The summed E-state index contributed by atoms with van der Waals surface area (Å²) in [6, 6.07) is 78.1. The highest BCUT2D eigenvalue weighted by atomic mass is 32.1. The number of nitrogens with zero attached hydrogens (tertiary/aromatic N) is 3. The Morgan fingerprint density at radius 2 is 0.864 bits per heavy atom. The number of anilines is 3. The number of aromatic nitrogens is 1. The Labute approximate surface area is 346 Å². The molecule has 11 aromatic rings. The van der Waals surface area contributed by atoms with Crippen LogP contribution in [0.15, 0.2) is 212 Å². The van der Waals surface area contributed by atoms with Crippen molar-refractivity contribution in [2.75, 3.05) is 4.90 Å². The molecule has 2 heterocycles. The number of hydrogen-bond donors (Lipinski definition) is 0. The molecule has 0 radical (unpaired) electrons. The summed E-state index contributed by atoms with van der Waals surface area (Å²) >= 11 is 1.83. The van der Waals surface area contributed by atoms with Crippen molar-refractivity contribution in [3.63, 3.8) is 0 Å². The lowest BCUT2D eigenvalue weighted by atomic mass is 9.99. The van der Waals surface area contributed by atoms with Crippen LogP contribution in [-0.2, 0) is 0 Å². The van der Waals surface area contributed by atoms with Crippen molar-refractivity contribution in [3.8, 4) is 45.1 Å². The third-order valence-corrected chi connectivity index (χ3v) is 12.6. The number of fused-ring (bicyclic) bond motifs is 6. The average molecular weight is 770 g/mol. The van der Waals surface area contributed by atoms with Crippen molar-refractivity contribution in [2.45, 2.75) is 0 Å². The Morgan fingerprint density at radius 1 is 0.373 bits per heavy atom. The van der Waals surface area contributed by atoms with E-state index in [0.29, 0.717) is 5.56 Å². The molecule has 2 aromatic heterocycles. The molecule has 0 saturated carbocycles. The third-order valence-electron chi connectivity index (χ3n) is 11.5. The number of para-hydroxylation sites is 2. The lowest BCUT2D eigenvalue weighted by Crippen LogP contribution is -2.10. The molecule has 276 valence electrons. The Bertz CT molecular complexity index is 3310. The SMILES string of the molecule is N#Cc1ccc(-c2cccc(N(c3ccc(-c4ccc(-c5ccc(-n6c7ccccc7c7ccccc76)cc5)cc4)cc3)c3ccc4sc5ccccc5c4c3)c2)cc1. The number of rotatable bonds is 7. The molecule has 0 bridgehead atoms. The van der Waals surface area contributed by atoms with E-state index < -0.39 is 0 Å². The fourth-order valence-corrected chi connectivity index (χ4v) is 9.61. The highest BCUT2D eigenvalue weighted by Gasteiger charge is 2.17. The molecule has 4 heteroatoms. The van der Waals surface area contributed by atoms with Gasteiger partial charge in [-0.25, -0.2) is 0 Å². The lowest BCUT2D eigenvalue weighted by molar-refractivity contribution is 1.18. The molecule has 0 atom stereocenters. The number of hydrogen-bond acceptors (Lipinski definition) is 3. The minimum atomic E-state index is 0.655. The van der Waals surface area contributed by atoms with E-state index in [0.717, 1.165) is 39.4 Å². The second-order valence-corrected chi connectivity index (χ2v) is 16.0. The minimum absolute atomic E-state index is 0.655. The number of benzene rings is 9. The van der Waals surface area contributed by atoms with E-state index in [2.05, 4.69) is 204 Å². The fourth-order valence-electron chi connectivity index (χ4n) is 8.52. The van der Waals surface area contributed by atoms with Gasteiger partial charge >= 0.3 is 0 Å². The second-order valence-electron chi connectivity index (χ2n) is 14.9. The van der Waals surface area contributed by atoms with Gasteiger partial charge in [0.2, 0.25) is 0 Å². The smallest absolute Gasteiger partial charge is 0.0991 e. The molecule has 0 fully saturated rings. The van der Waals surface area contributed by atoms with Gasteiger partial charge in [0, 0.05) is 53.7 Å². The molecule has 3 nitrogen and oxygen atoms in total. The van der Waals surface area contributed by atoms with Crippen molar-refractivity contribution in [1.29, 1.82) is 5.26 Å². The molecule has 0 aliphatic carbocycles. The largest absolute Gasteiger partial charge is 0.310 e. The maximum Gasteiger partial charge on any atom is 0.0991 e. The van der Waals surface area contributed by atoms with Crippen LogP contribution >= 0.6 is 11.3 Å². The first kappa shape index (κ1) is 34.5. The predicted octanol–water partition coefficient (Wildman–Crippen LogP) is 15.5. The van der Waals surface area contributed by atoms with Gasteiger partial charge < -0.3 is 9.47 Å². The van der Waals surface area contributed by atoms with E-state index in [4.69, 9.17) is 0 Å². The summed E-state index contributed by atoms with van der Waals surface area (Å²) in [6.07, 6.45) is 0. The molecule has 0 aliphatic heterocycles. The van der Waals surface area contributed by atoms with Gasteiger partial charge in [-0.15, -0.1) is 11.3 Å². The normalized spacial score (nSPS) is 11.4. The standard InChI is InChI=1S/C55H35N3S/c56-36-37-16-18-42(19-17-37)43-8-7-9-46(34-43)57(47-32-33-55-51(35-47)50-12-3-6-15-54(50)59-55)44-28-24-40(25-29-44)38-20-22-39(23-21-38)41-26-30-45(31-27-41)58-52-13-4-1-10-48(52)49-11-2-5-14-53(49)58/h1-35H. The Morgan fingerprint density at radius 3 is 1.51 bits per heavy atom. The molecule has 0 amide bonds. The lowest BCUT2D eigenvalue weighted by Gasteiger charge is -2.26. The van der Waals surface area contributed by atoms with E-state index in [1.165, 1.54) is 58.7 Å². The van der Waals surface area contributed by atoms with Crippen molar-refractivity contribution in [2.24, 2.45) is 0 Å². The van der Waals surface area contributed by atoms with Gasteiger partial charge in [0.25, 0.3) is 0 Å². The zero-order valence-corrected chi connectivity index (χ0v) is 32.8. The summed E-state index contributed by atoms with van der Waals surface area (Å²) in [7, 11) is 0. The van der Waals surface area contributed by atoms with E-state index in [-0.39, 0.29) is 0 Å². The number of nitriles is 1. The first-order chi connectivity index (χ1) is 29.2. The zero-order chi connectivity index (χ0) is 39.3. The first-order valence-electron chi connectivity index (χ1n) is 19.8. The van der Waals surface area contributed by atoms with Crippen LogP contribution in [0.2, 0.25) is 0 Å². The highest BCUT2D eigenvalue weighted by molar-refractivity contribution is 7.25. The molecule has 11 rings (SSSR count). The van der Waals surface area contributed by atoms with E-state index >= 15 is 0 Å². The highest BCUT2D eigenvalue weighted by Crippen LogP contribution is 2.42. The molecule has 0 unspecified atom stereocenters. The minimum Gasteiger partial charge on any atom is -0.310 e. The first-order valence-corrected chi connectivity index (χ1v) is 20.6. The number of thiophene rings is 1. The Hall–Kier alpha value is -7.71. The zero-order valence-electron chi connectivity index (χ0n) is 32.0. The van der Waals surface area contributed by atoms with Crippen molar-refractivity contribution in [1.82, 2.24) is 4.57 Å². The Kier molecular flexibility index (Phi) is 8.40. The molecule has 0 spiro atoms. The molecule has 0 aliphatic rings. The van der Waals surface area contributed by atoms with Gasteiger partial charge in [0.1, 0.15) is 0 Å².